The van der Waals surface area contributed by atoms with Crippen molar-refractivity contribution in [3.8, 4) is 0 Å². The Bertz CT molecular complexity index is 728. The van der Waals surface area contributed by atoms with Gasteiger partial charge in [-0.3, -0.25) is 13.7 Å². The summed E-state index contributed by atoms with van der Waals surface area (Å²) in [5.41, 5.74) is 0. The molecule has 1 rings (SSSR count). The van der Waals surface area contributed by atoms with E-state index in [0.29, 0.717) is 79.3 Å². The molecule has 22 heteroatoms. The third kappa shape index (κ3) is 77.4. The first-order chi connectivity index (χ1) is 24.9. The van der Waals surface area contributed by atoms with Crippen molar-refractivity contribution in [1.82, 2.24) is 0 Å². The molecule has 0 spiro atoms. The average Bonchev–Trinajstić information content (AvgIpc) is 3.77. The molecule has 1 saturated carbocycles. The van der Waals surface area contributed by atoms with Crippen LogP contribution in [0.25, 0.3) is 0 Å². The van der Waals surface area contributed by atoms with E-state index >= 15 is 0 Å². The van der Waals surface area contributed by atoms with Crippen LogP contribution in [-0.4, -0.2) is 120 Å². The predicted molar refractivity (Wildman–Crippen MR) is 191 cm³/mol. The SMILES string of the molecule is C=CCOCCOCCO[PH](=O)OC.C=CCOCCOCCO[PH](=O)OC.C=CCOCCOCCO[PH](=O)OC.[C-]#[O+].[C-]#[O+].[CH]1[CH][CH][CH][CH]1.[Co].[Rh]. The van der Waals surface area contributed by atoms with Crippen LogP contribution in [0.15, 0.2) is 38.0 Å². The fourth-order valence-electron chi connectivity index (χ4n) is 2.21. The second-order valence-electron chi connectivity index (χ2n) is 7.80. The van der Waals surface area contributed by atoms with Crippen molar-refractivity contribution in [1.29, 1.82) is 0 Å². The van der Waals surface area contributed by atoms with Gasteiger partial charge in [0.15, 0.2) is 0 Å². The van der Waals surface area contributed by atoms with Gasteiger partial charge in [-0.1, -0.05) is 18.2 Å². The van der Waals surface area contributed by atoms with Crippen molar-refractivity contribution in [2.24, 2.45) is 0 Å². The standard InChI is InChI=1S/3C8H17O5P.C5H5.2CO.Co.Rh/c3*1-3-4-11-5-6-12-7-8-13-14(9)10-2;1-2-4-5-3-1;2*1-2;;/h3*3,14H,1,4-8H2,2H3;1-5H;;;;. The van der Waals surface area contributed by atoms with Gasteiger partial charge >= 0.3 is 47.4 Å². The van der Waals surface area contributed by atoms with Crippen molar-refractivity contribution < 1.29 is 115 Å². The summed E-state index contributed by atoms with van der Waals surface area (Å²) in [5, 5.41) is 0. The first kappa shape index (κ1) is 67.8. The predicted octanol–water partition coefficient (Wildman–Crippen LogP) is 4.72. The number of hydrogen-bond acceptors (Lipinski definition) is 15. The first-order valence-electron chi connectivity index (χ1n) is 14.9. The van der Waals surface area contributed by atoms with E-state index in [1.54, 1.807) is 18.2 Å². The third-order valence-corrected chi connectivity index (χ3v) is 6.54. The first-order valence-corrected chi connectivity index (χ1v) is 18.6. The Labute approximate surface area is 342 Å². The molecule has 3 atom stereocenters. The van der Waals surface area contributed by atoms with Gasteiger partial charge in [-0.2, -0.15) is 0 Å². The van der Waals surface area contributed by atoms with Gasteiger partial charge in [0.05, 0.1) is 99.1 Å². The normalized spacial score (nSPS) is 12.4. The van der Waals surface area contributed by atoms with Crippen LogP contribution in [0, 0.1) is 45.4 Å². The topological polar surface area (TPSA) is 202 Å². The Balaban J connectivity index is -0.000000105. The van der Waals surface area contributed by atoms with Gasteiger partial charge in [-0.15, -0.1) is 19.7 Å². The minimum atomic E-state index is -2.30. The molecule has 315 valence electrons. The van der Waals surface area contributed by atoms with Gasteiger partial charge in [0.2, 0.25) is 0 Å². The molecule has 1 fully saturated rings. The second kappa shape index (κ2) is 69.9. The van der Waals surface area contributed by atoms with Crippen molar-refractivity contribution in [3.63, 3.8) is 0 Å². The van der Waals surface area contributed by atoms with E-state index < -0.39 is 24.8 Å². The minimum Gasteiger partial charge on any atom is -0.0312 e. The third-order valence-electron chi connectivity index (χ3n) is 4.22. The zero-order valence-electron chi connectivity index (χ0n) is 30.5. The Morgan fingerprint density at radius 3 is 0.830 bits per heavy atom. The van der Waals surface area contributed by atoms with Crippen LogP contribution in [0.2, 0.25) is 0 Å². The van der Waals surface area contributed by atoms with Crippen LogP contribution in [0.5, 0.6) is 0 Å². The largest absolute Gasteiger partial charge is 0.0312 e. The van der Waals surface area contributed by atoms with E-state index in [1.807, 2.05) is 32.1 Å². The van der Waals surface area contributed by atoms with E-state index in [9.17, 15) is 13.7 Å². The van der Waals surface area contributed by atoms with Gasteiger partial charge in [0, 0.05) is 57.6 Å². The summed E-state index contributed by atoms with van der Waals surface area (Å²) in [6, 6.07) is 0. The summed E-state index contributed by atoms with van der Waals surface area (Å²) in [4.78, 5) is 0. The number of rotatable bonds is 30. The van der Waals surface area contributed by atoms with Gasteiger partial charge in [0.1, 0.15) is 0 Å². The van der Waals surface area contributed by atoms with Gasteiger partial charge in [0.25, 0.3) is 0 Å². The van der Waals surface area contributed by atoms with E-state index in [-0.39, 0.29) is 56.1 Å². The van der Waals surface area contributed by atoms with Crippen LogP contribution < -0.4 is 0 Å². The molecule has 0 aliphatic heterocycles. The van der Waals surface area contributed by atoms with E-state index in [1.165, 1.54) is 21.3 Å². The second-order valence-corrected chi connectivity index (χ2v) is 11.4. The van der Waals surface area contributed by atoms with Crippen LogP contribution in [0.1, 0.15) is 0 Å². The molecule has 17 nitrogen and oxygen atoms in total. The van der Waals surface area contributed by atoms with Crippen molar-refractivity contribution in [3.05, 3.63) is 83.4 Å². The van der Waals surface area contributed by atoms with Crippen molar-refractivity contribution in [2.45, 2.75) is 0 Å². The Morgan fingerprint density at radius 1 is 0.453 bits per heavy atom. The molecular weight excluding hydrogens is 899 g/mol. The smallest absolute Gasteiger partial charge is 0 e. The molecule has 0 aromatic heterocycles. The summed E-state index contributed by atoms with van der Waals surface area (Å²) in [6.45, 7) is 26.1. The molecule has 0 bridgehead atoms. The Morgan fingerprint density at radius 2 is 0.642 bits per heavy atom. The molecule has 0 aromatic rings. The fraction of sp³-hybridized carbons (Fsp3) is 0.581. The molecule has 0 aromatic carbocycles. The van der Waals surface area contributed by atoms with E-state index in [4.69, 9.17) is 51.3 Å². The molecule has 1 aliphatic carbocycles. The van der Waals surface area contributed by atoms with Crippen LogP contribution in [0.3, 0.4) is 0 Å². The average molecular weight is 956 g/mol. The Kier molecular flexibility index (Phi) is 89.4. The molecular formula is C31H56CoO17P3Rh. The number of hydrogen-bond donors (Lipinski definition) is 0. The minimum absolute atomic E-state index is 0. The summed E-state index contributed by atoms with van der Waals surface area (Å²) in [5.74, 6) is 0. The van der Waals surface area contributed by atoms with Crippen LogP contribution in [-0.2, 0) is 115 Å². The van der Waals surface area contributed by atoms with Crippen molar-refractivity contribution >= 4 is 24.8 Å². The van der Waals surface area contributed by atoms with Crippen LogP contribution in [0.4, 0.5) is 0 Å². The molecule has 0 saturated heterocycles. The zero-order chi connectivity index (χ0) is 39.5. The monoisotopic (exact) mass is 955 g/mol. The summed E-state index contributed by atoms with van der Waals surface area (Å²) < 4.78 is 105. The van der Waals surface area contributed by atoms with E-state index in [0.717, 1.165) is 0 Å². The Hall–Kier alpha value is 0.0399. The van der Waals surface area contributed by atoms with Gasteiger partial charge < -0.3 is 55.6 Å². The van der Waals surface area contributed by atoms with Gasteiger partial charge in [-0.25, -0.2) is 0 Å². The summed E-state index contributed by atoms with van der Waals surface area (Å²) in [7, 11) is -2.90. The quantitative estimate of drug-likeness (QED) is 0.0239. The van der Waals surface area contributed by atoms with Crippen molar-refractivity contribution in [2.75, 3.05) is 120 Å². The van der Waals surface area contributed by atoms with Crippen LogP contribution >= 0.6 is 24.8 Å². The molecule has 0 N–H and O–H groups in total. The summed E-state index contributed by atoms with van der Waals surface area (Å²) >= 11 is 0. The molecule has 3 unspecified atom stereocenters. The number of ether oxygens (including phenoxy) is 6. The molecule has 0 heterocycles. The molecule has 7 radical (unpaired) electrons. The van der Waals surface area contributed by atoms with Gasteiger partial charge in [-0.05, 0) is 32.1 Å². The maximum Gasteiger partial charge on any atom is 0 e. The molecule has 0 amide bonds. The maximum atomic E-state index is 10.6. The molecule has 53 heavy (non-hydrogen) atoms. The summed E-state index contributed by atoms with van der Waals surface area (Å²) in [6.07, 6.45) is 15.0. The van der Waals surface area contributed by atoms with E-state index in [2.05, 4.69) is 46.6 Å². The zero-order valence-corrected chi connectivity index (χ0v) is 36.1. The fourth-order valence-corrected chi connectivity index (χ4v) is 3.31. The molecule has 1 aliphatic rings. The maximum absolute atomic E-state index is 10.6.